The van der Waals surface area contributed by atoms with E-state index in [1.54, 1.807) is 0 Å². The molecule has 0 aromatic heterocycles. The van der Waals surface area contributed by atoms with E-state index in [4.69, 9.17) is 0 Å². The standard InChI is InChI=1S/C8H8N2/c1-2-4-8-6-10-9-5-7(8)3-1/h1-3,5-6,8H,4H2. The zero-order chi connectivity index (χ0) is 6.81. The van der Waals surface area contributed by atoms with Crippen molar-refractivity contribution in [2.45, 2.75) is 6.42 Å². The number of fused-ring (bicyclic) bond motifs is 1. The van der Waals surface area contributed by atoms with Crippen LogP contribution in [0.3, 0.4) is 0 Å². The van der Waals surface area contributed by atoms with Gasteiger partial charge in [-0.3, -0.25) is 0 Å². The first-order chi connectivity index (χ1) is 4.97. The molecule has 0 amide bonds. The van der Waals surface area contributed by atoms with Gasteiger partial charge in [-0.05, 0) is 12.0 Å². The van der Waals surface area contributed by atoms with Gasteiger partial charge in [0.15, 0.2) is 0 Å². The predicted molar refractivity (Wildman–Crippen MR) is 42.3 cm³/mol. The Hall–Kier alpha value is -1.18. The molecule has 1 unspecified atom stereocenters. The van der Waals surface area contributed by atoms with Crippen molar-refractivity contribution in [2.24, 2.45) is 16.1 Å². The molecular formula is C8H8N2. The number of allylic oxidation sites excluding steroid dienone is 4. The van der Waals surface area contributed by atoms with Crippen LogP contribution in [0.4, 0.5) is 0 Å². The van der Waals surface area contributed by atoms with E-state index in [2.05, 4.69) is 28.4 Å². The number of hydrogen-bond donors (Lipinski definition) is 0. The third kappa shape index (κ3) is 0.817. The van der Waals surface area contributed by atoms with Crippen molar-refractivity contribution in [2.75, 3.05) is 0 Å². The number of nitrogens with zero attached hydrogens (tertiary/aromatic N) is 2. The molecule has 0 saturated carbocycles. The summed E-state index contributed by atoms with van der Waals surface area (Å²) < 4.78 is 0. The Morgan fingerprint density at radius 3 is 3.30 bits per heavy atom. The molecule has 1 heterocycles. The zero-order valence-electron chi connectivity index (χ0n) is 5.57. The second-order valence-electron chi connectivity index (χ2n) is 2.45. The first-order valence-electron chi connectivity index (χ1n) is 3.40. The molecule has 0 saturated heterocycles. The van der Waals surface area contributed by atoms with Crippen LogP contribution in [0.25, 0.3) is 0 Å². The maximum absolute atomic E-state index is 3.83. The summed E-state index contributed by atoms with van der Waals surface area (Å²) in [5, 5.41) is 7.63. The first kappa shape index (κ1) is 5.59. The van der Waals surface area contributed by atoms with Gasteiger partial charge in [0.2, 0.25) is 0 Å². The van der Waals surface area contributed by atoms with Crippen molar-refractivity contribution in [3.05, 3.63) is 23.8 Å². The predicted octanol–water partition coefficient (Wildman–Crippen LogP) is 1.56. The van der Waals surface area contributed by atoms with Crippen molar-refractivity contribution in [3.63, 3.8) is 0 Å². The smallest absolute Gasteiger partial charge is 0.0534 e. The molecule has 2 aliphatic rings. The minimum absolute atomic E-state index is 0.488. The van der Waals surface area contributed by atoms with Crippen LogP contribution in [0.5, 0.6) is 0 Å². The van der Waals surface area contributed by atoms with E-state index in [1.807, 2.05) is 12.4 Å². The Labute approximate surface area is 59.7 Å². The number of hydrogen-bond acceptors (Lipinski definition) is 2. The first-order valence-corrected chi connectivity index (χ1v) is 3.40. The molecule has 0 spiro atoms. The molecule has 0 N–H and O–H groups in total. The Balaban J connectivity index is 2.34. The van der Waals surface area contributed by atoms with Gasteiger partial charge in [0.05, 0.1) is 6.21 Å². The van der Waals surface area contributed by atoms with Crippen LogP contribution in [0.1, 0.15) is 6.42 Å². The van der Waals surface area contributed by atoms with Crippen LogP contribution in [-0.2, 0) is 0 Å². The number of rotatable bonds is 0. The molecular weight excluding hydrogens is 124 g/mol. The minimum atomic E-state index is 0.488. The van der Waals surface area contributed by atoms with Crippen molar-refractivity contribution < 1.29 is 0 Å². The second-order valence-corrected chi connectivity index (χ2v) is 2.45. The van der Waals surface area contributed by atoms with E-state index in [9.17, 15) is 0 Å². The molecule has 0 aromatic carbocycles. The van der Waals surface area contributed by atoms with E-state index >= 15 is 0 Å². The Bertz CT molecular complexity index is 246. The topological polar surface area (TPSA) is 24.7 Å². The fourth-order valence-corrected chi connectivity index (χ4v) is 1.17. The van der Waals surface area contributed by atoms with Crippen LogP contribution in [0.15, 0.2) is 34.0 Å². The highest BCUT2D eigenvalue weighted by Gasteiger charge is 2.12. The van der Waals surface area contributed by atoms with Gasteiger partial charge in [0.1, 0.15) is 0 Å². The molecule has 1 atom stereocenters. The van der Waals surface area contributed by atoms with Gasteiger partial charge in [-0.15, -0.1) is 0 Å². The summed E-state index contributed by atoms with van der Waals surface area (Å²) in [5.41, 5.74) is 1.28. The molecule has 10 heavy (non-hydrogen) atoms. The fraction of sp³-hybridized carbons (Fsp3) is 0.250. The lowest BCUT2D eigenvalue weighted by Crippen LogP contribution is -2.10. The lowest BCUT2D eigenvalue weighted by atomic mass is 9.93. The van der Waals surface area contributed by atoms with Crippen molar-refractivity contribution >= 4 is 12.4 Å². The molecule has 0 aromatic rings. The summed E-state index contributed by atoms with van der Waals surface area (Å²) in [6.07, 6.45) is 11.1. The Kier molecular flexibility index (Phi) is 1.24. The summed E-state index contributed by atoms with van der Waals surface area (Å²) in [6.45, 7) is 0. The summed E-state index contributed by atoms with van der Waals surface area (Å²) in [7, 11) is 0. The van der Waals surface area contributed by atoms with Crippen LogP contribution >= 0.6 is 0 Å². The lowest BCUT2D eigenvalue weighted by Gasteiger charge is -2.14. The van der Waals surface area contributed by atoms with E-state index in [1.165, 1.54) is 5.57 Å². The Morgan fingerprint density at radius 2 is 2.40 bits per heavy atom. The molecule has 2 nitrogen and oxygen atoms in total. The highest BCUT2D eigenvalue weighted by Crippen LogP contribution is 2.18. The van der Waals surface area contributed by atoms with Crippen molar-refractivity contribution in [3.8, 4) is 0 Å². The van der Waals surface area contributed by atoms with Crippen molar-refractivity contribution in [1.82, 2.24) is 0 Å². The third-order valence-electron chi connectivity index (χ3n) is 1.76. The normalized spacial score (nSPS) is 28.0. The maximum atomic E-state index is 3.83. The van der Waals surface area contributed by atoms with E-state index in [0.29, 0.717) is 5.92 Å². The summed E-state index contributed by atoms with van der Waals surface area (Å²) in [5.74, 6) is 0.488. The maximum Gasteiger partial charge on any atom is 0.0534 e. The van der Waals surface area contributed by atoms with Gasteiger partial charge < -0.3 is 0 Å². The van der Waals surface area contributed by atoms with E-state index < -0.39 is 0 Å². The SMILES string of the molecule is C1=CCC2C=NN=CC2=C1. The monoisotopic (exact) mass is 132 g/mol. The van der Waals surface area contributed by atoms with Gasteiger partial charge in [-0.1, -0.05) is 18.2 Å². The van der Waals surface area contributed by atoms with Crippen LogP contribution in [0.2, 0.25) is 0 Å². The minimum Gasteiger partial charge on any atom is -0.163 e. The van der Waals surface area contributed by atoms with Crippen LogP contribution in [0, 0.1) is 5.92 Å². The summed E-state index contributed by atoms with van der Waals surface area (Å²) >= 11 is 0. The molecule has 1 aliphatic carbocycles. The lowest BCUT2D eigenvalue weighted by molar-refractivity contribution is 0.846. The molecule has 2 heteroatoms. The molecule has 50 valence electrons. The fourth-order valence-electron chi connectivity index (χ4n) is 1.17. The van der Waals surface area contributed by atoms with Gasteiger partial charge in [0, 0.05) is 12.1 Å². The van der Waals surface area contributed by atoms with Gasteiger partial charge in [0.25, 0.3) is 0 Å². The van der Waals surface area contributed by atoms with Gasteiger partial charge in [-0.2, -0.15) is 10.2 Å². The van der Waals surface area contributed by atoms with Crippen LogP contribution in [-0.4, -0.2) is 12.4 Å². The quantitative estimate of drug-likeness (QED) is 0.478. The highest BCUT2D eigenvalue weighted by molar-refractivity contribution is 5.89. The average molecular weight is 132 g/mol. The molecule has 0 radical (unpaired) electrons. The zero-order valence-corrected chi connectivity index (χ0v) is 5.57. The average Bonchev–Trinajstić information content (AvgIpc) is 2.05. The van der Waals surface area contributed by atoms with Crippen LogP contribution < -0.4 is 0 Å². The molecule has 0 bridgehead atoms. The highest BCUT2D eigenvalue weighted by atomic mass is 15.2. The second kappa shape index (κ2) is 2.21. The third-order valence-corrected chi connectivity index (χ3v) is 1.76. The molecule has 2 rings (SSSR count). The molecule has 0 fully saturated rings. The van der Waals surface area contributed by atoms with Gasteiger partial charge in [-0.25, -0.2) is 0 Å². The summed E-state index contributed by atoms with van der Waals surface area (Å²) in [6, 6.07) is 0. The summed E-state index contributed by atoms with van der Waals surface area (Å²) in [4.78, 5) is 0. The Morgan fingerprint density at radius 1 is 1.40 bits per heavy atom. The largest absolute Gasteiger partial charge is 0.163 e. The molecule has 1 aliphatic heterocycles. The van der Waals surface area contributed by atoms with E-state index in [0.717, 1.165) is 6.42 Å². The van der Waals surface area contributed by atoms with Crippen molar-refractivity contribution in [1.29, 1.82) is 0 Å². The van der Waals surface area contributed by atoms with Gasteiger partial charge >= 0.3 is 0 Å². The van der Waals surface area contributed by atoms with E-state index in [-0.39, 0.29) is 0 Å².